The number of carbonyl (C=O) groups excluding carboxylic acids is 2. The highest BCUT2D eigenvalue weighted by Gasteiger charge is 2.14. The SMILES string of the molecule is O=C(Oc1ccc2ccccc2c1/C=N/NC(=O)c1ccc(Cl)cc1Cl)c1ccc(Cl)cc1. The van der Waals surface area contributed by atoms with E-state index in [9.17, 15) is 9.59 Å². The van der Waals surface area contributed by atoms with Gasteiger partial charge in [-0.1, -0.05) is 65.1 Å². The maximum atomic E-state index is 12.6. The topological polar surface area (TPSA) is 67.8 Å². The fraction of sp³-hybridized carbons (Fsp3) is 0. The minimum atomic E-state index is -0.548. The molecule has 1 amide bonds. The molecule has 4 rings (SSSR count). The Labute approximate surface area is 204 Å². The summed E-state index contributed by atoms with van der Waals surface area (Å²) in [4.78, 5) is 25.1. The third kappa shape index (κ3) is 5.34. The van der Waals surface area contributed by atoms with Gasteiger partial charge in [0, 0.05) is 15.6 Å². The first-order valence-electron chi connectivity index (χ1n) is 9.70. The molecule has 8 heteroatoms. The van der Waals surface area contributed by atoms with Crippen LogP contribution in [0.25, 0.3) is 10.8 Å². The number of esters is 1. The van der Waals surface area contributed by atoms with Gasteiger partial charge in [0.25, 0.3) is 5.91 Å². The maximum absolute atomic E-state index is 12.6. The van der Waals surface area contributed by atoms with Crippen LogP contribution in [0.15, 0.2) is 84.0 Å². The van der Waals surface area contributed by atoms with E-state index in [0.717, 1.165) is 10.8 Å². The summed E-state index contributed by atoms with van der Waals surface area (Å²) < 4.78 is 5.63. The molecule has 0 saturated carbocycles. The Bertz CT molecular complexity index is 1390. The first-order valence-corrected chi connectivity index (χ1v) is 10.8. The van der Waals surface area contributed by atoms with Crippen LogP contribution in [0.1, 0.15) is 26.3 Å². The number of ether oxygens (including phenoxy) is 1. The largest absolute Gasteiger partial charge is 0.422 e. The lowest BCUT2D eigenvalue weighted by Crippen LogP contribution is -2.18. The third-order valence-electron chi connectivity index (χ3n) is 4.75. The molecule has 33 heavy (non-hydrogen) atoms. The van der Waals surface area contributed by atoms with Gasteiger partial charge < -0.3 is 4.74 Å². The molecule has 0 unspecified atom stereocenters. The fourth-order valence-corrected chi connectivity index (χ4v) is 3.75. The van der Waals surface area contributed by atoms with Crippen LogP contribution in [-0.2, 0) is 0 Å². The van der Waals surface area contributed by atoms with Crippen LogP contribution >= 0.6 is 34.8 Å². The van der Waals surface area contributed by atoms with Crippen molar-refractivity contribution in [2.45, 2.75) is 0 Å². The van der Waals surface area contributed by atoms with Crippen molar-refractivity contribution in [2.24, 2.45) is 5.10 Å². The molecule has 0 radical (unpaired) electrons. The van der Waals surface area contributed by atoms with Crippen molar-refractivity contribution < 1.29 is 14.3 Å². The van der Waals surface area contributed by atoms with Gasteiger partial charge >= 0.3 is 5.97 Å². The number of nitrogens with zero attached hydrogens (tertiary/aromatic N) is 1. The number of fused-ring (bicyclic) bond motifs is 1. The number of halogens is 3. The van der Waals surface area contributed by atoms with Gasteiger partial charge in [-0.05, 0) is 59.3 Å². The number of rotatable bonds is 5. The molecule has 5 nitrogen and oxygen atoms in total. The van der Waals surface area contributed by atoms with Gasteiger partial charge in [0.1, 0.15) is 5.75 Å². The number of benzene rings is 4. The molecule has 0 aliphatic heterocycles. The standard InChI is InChI=1S/C25H15Cl3N2O3/c26-17-8-5-16(6-9-17)25(32)33-23-12-7-15-3-1-2-4-19(15)21(23)14-29-30-24(31)20-11-10-18(27)13-22(20)28/h1-14H,(H,30,31)/b29-14+. The Balaban J connectivity index is 1.63. The van der Waals surface area contributed by atoms with Crippen molar-refractivity contribution in [1.29, 1.82) is 0 Å². The van der Waals surface area contributed by atoms with Crippen molar-refractivity contribution in [1.82, 2.24) is 5.43 Å². The van der Waals surface area contributed by atoms with E-state index in [0.29, 0.717) is 21.2 Å². The van der Waals surface area contributed by atoms with Crippen LogP contribution in [-0.4, -0.2) is 18.1 Å². The van der Waals surface area contributed by atoms with Crippen molar-refractivity contribution in [3.63, 3.8) is 0 Å². The lowest BCUT2D eigenvalue weighted by Gasteiger charge is -2.11. The highest BCUT2D eigenvalue weighted by Crippen LogP contribution is 2.28. The summed E-state index contributed by atoms with van der Waals surface area (Å²) in [5.41, 5.74) is 3.54. The van der Waals surface area contributed by atoms with Gasteiger partial charge in [0.15, 0.2) is 0 Å². The molecule has 0 bridgehead atoms. The number of nitrogens with one attached hydrogen (secondary N) is 1. The molecule has 4 aromatic rings. The number of amides is 1. The van der Waals surface area contributed by atoms with E-state index in [4.69, 9.17) is 39.5 Å². The zero-order valence-electron chi connectivity index (χ0n) is 16.9. The monoisotopic (exact) mass is 496 g/mol. The summed E-state index contributed by atoms with van der Waals surface area (Å²) in [7, 11) is 0. The molecule has 0 atom stereocenters. The predicted molar refractivity (Wildman–Crippen MR) is 132 cm³/mol. The van der Waals surface area contributed by atoms with E-state index in [-0.39, 0.29) is 16.3 Å². The molecule has 0 saturated heterocycles. The van der Waals surface area contributed by atoms with Gasteiger partial charge in [-0.15, -0.1) is 0 Å². The minimum Gasteiger partial charge on any atom is -0.422 e. The second kappa shape index (κ2) is 10.0. The number of hydrogen-bond acceptors (Lipinski definition) is 4. The lowest BCUT2D eigenvalue weighted by atomic mass is 10.0. The molecule has 0 aliphatic carbocycles. The van der Waals surface area contributed by atoms with Crippen LogP contribution in [0, 0.1) is 0 Å². The van der Waals surface area contributed by atoms with Crippen LogP contribution in [0.5, 0.6) is 5.75 Å². The van der Waals surface area contributed by atoms with E-state index in [1.165, 1.54) is 18.3 Å². The van der Waals surface area contributed by atoms with Crippen LogP contribution in [0.3, 0.4) is 0 Å². The van der Waals surface area contributed by atoms with Gasteiger partial charge in [0.2, 0.25) is 0 Å². The third-order valence-corrected chi connectivity index (χ3v) is 5.55. The van der Waals surface area contributed by atoms with Gasteiger partial charge in [-0.3, -0.25) is 4.79 Å². The highest BCUT2D eigenvalue weighted by atomic mass is 35.5. The number of hydrogen-bond donors (Lipinski definition) is 1. The Morgan fingerprint density at radius 2 is 1.58 bits per heavy atom. The quantitative estimate of drug-likeness (QED) is 0.143. The van der Waals surface area contributed by atoms with Crippen LogP contribution in [0.2, 0.25) is 15.1 Å². The smallest absolute Gasteiger partial charge is 0.343 e. The van der Waals surface area contributed by atoms with Crippen LogP contribution in [0.4, 0.5) is 0 Å². The first kappa shape index (κ1) is 22.8. The van der Waals surface area contributed by atoms with E-state index >= 15 is 0 Å². The summed E-state index contributed by atoms with van der Waals surface area (Å²) in [6.07, 6.45) is 1.43. The lowest BCUT2D eigenvalue weighted by molar-refractivity contribution is 0.0734. The zero-order valence-corrected chi connectivity index (χ0v) is 19.2. The van der Waals surface area contributed by atoms with E-state index in [1.54, 1.807) is 36.4 Å². The molecule has 1 N–H and O–H groups in total. The Morgan fingerprint density at radius 3 is 2.33 bits per heavy atom. The molecule has 164 valence electrons. The summed E-state index contributed by atoms with van der Waals surface area (Å²) in [5, 5.41) is 6.91. The maximum Gasteiger partial charge on any atom is 0.343 e. The van der Waals surface area contributed by atoms with Crippen molar-refractivity contribution >= 4 is 63.7 Å². The van der Waals surface area contributed by atoms with Gasteiger partial charge in [-0.2, -0.15) is 5.10 Å². The predicted octanol–water partition coefficient (Wildman–Crippen LogP) is 6.78. The van der Waals surface area contributed by atoms with E-state index in [2.05, 4.69) is 10.5 Å². The van der Waals surface area contributed by atoms with E-state index in [1.807, 2.05) is 30.3 Å². The first-order chi connectivity index (χ1) is 15.9. The van der Waals surface area contributed by atoms with Gasteiger partial charge in [0.05, 0.1) is 22.4 Å². The molecule has 0 heterocycles. The number of hydrazone groups is 1. The minimum absolute atomic E-state index is 0.206. The fourth-order valence-electron chi connectivity index (χ4n) is 3.13. The second-order valence-corrected chi connectivity index (χ2v) is 8.20. The zero-order chi connectivity index (χ0) is 23.4. The molecule has 0 aromatic heterocycles. The normalized spacial score (nSPS) is 11.0. The Kier molecular flexibility index (Phi) is 6.94. The highest BCUT2D eigenvalue weighted by molar-refractivity contribution is 6.36. The number of carbonyl (C=O) groups is 2. The molecule has 0 aliphatic rings. The molecular formula is C25H15Cl3N2O3. The summed E-state index contributed by atoms with van der Waals surface area (Å²) in [6, 6.07) is 22.0. The average molecular weight is 498 g/mol. The van der Waals surface area contributed by atoms with Gasteiger partial charge in [-0.25, -0.2) is 10.2 Å². The molecular weight excluding hydrogens is 483 g/mol. The summed E-state index contributed by atoms with van der Waals surface area (Å²) >= 11 is 17.9. The Morgan fingerprint density at radius 1 is 0.848 bits per heavy atom. The molecule has 0 spiro atoms. The summed E-state index contributed by atoms with van der Waals surface area (Å²) in [5.74, 6) is -0.766. The molecule has 0 fully saturated rings. The second-order valence-electron chi connectivity index (χ2n) is 6.92. The van der Waals surface area contributed by atoms with Crippen molar-refractivity contribution in [3.8, 4) is 5.75 Å². The Hall–Kier alpha value is -3.38. The van der Waals surface area contributed by atoms with Crippen LogP contribution < -0.4 is 10.2 Å². The summed E-state index contributed by atoms with van der Waals surface area (Å²) in [6.45, 7) is 0. The average Bonchev–Trinajstić information content (AvgIpc) is 2.80. The van der Waals surface area contributed by atoms with E-state index < -0.39 is 11.9 Å². The van der Waals surface area contributed by atoms with Crippen molar-refractivity contribution in [2.75, 3.05) is 0 Å². The molecule has 4 aromatic carbocycles. The van der Waals surface area contributed by atoms with Crippen molar-refractivity contribution in [3.05, 3.63) is 111 Å².